The standard InChI is InChI=1S/C17H19BrN2O/c1-20(16-9-5-3-7-13(16)18)17(21)15-11-10-12-6-2-4-8-14(12)19-15/h2,4,6,8,10-11,13,16H,3,5,7,9H2,1H3. The van der Waals surface area contributed by atoms with Gasteiger partial charge in [-0.05, 0) is 25.0 Å². The monoisotopic (exact) mass is 346 g/mol. The van der Waals surface area contributed by atoms with Gasteiger partial charge in [-0.25, -0.2) is 4.98 Å². The van der Waals surface area contributed by atoms with Crippen molar-refractivity contribution >= 4 is 32.7 Å². The van der Waals surface area contributed by atoms with Gasteiger partial charge in [-0.3, -0.25) is 4.79 Å². The summed E-state index contributed by atoms with van der Waals surface area (Å²) >= 11 is 3.72. The minimum atomic E-state index is 0.0112. The van der Waals surface area contributed by atoms with Crippen LogP contribution in [0.1, 0.15) is 36.2 Å². The first-order valence-corrected chi connectivity index (χ1v) is 8.35. The summed E-state index contributed by atoms with van der Waals surface area (Å²) in [6.07, 6.45) is 4.62. The summed E-state index contributed by atoms with van der Waals surface area (Å²) in [5.74, 6) is 0.0112. The predicted molar refractivity (Wildman–Crippen MR) is 88.8 cm³/mol. The highest BCUT2D eigenvalue weighted by molar-refractivity contribution is 9.09. The molecular weight excluding hydrogens is 328 g/mol. The van der Waals surface area contributed by atoms with Gasteiger partial charge in [0.15, 0.2) is 0 Å². The Bertz CT molecular complexity index is 658. The fourth-order valence-electron chi connectivity index (χ4n) is 3.02. The van der Waals surface area contributed by atoms with Crippen LogP contribution in [0.5, 0.6) is 0 Å². The smallest absolute Gasteiger partial charge is 0.272 e. The molecule has 1 aliphatic carbocycles. The van der Waals surface area contributed by atoms with Crippen LogP contribution in [0.3, 0.4) is 0 Å². The lowest BCUT2D eigenvalue weighted by atomic mass is 9.94. The van der Waals surface area contributed by atoms with Gasteiger partial charge in [0, 0.05) is 23.3 Å². The minimum Gasteiger partial charge on any atom is -0.336 e. The van der Waals surface area contributed by atoms with E-state index in [1.807, 2.05) is 48.3 Å². The molecule has 1 heterocycles. The Labute approximate surface area is 133 Å². The molecule has 4 heteroatoms. The lowest BCUT2D eigenvalue weighted by Gasteiger charge is -2.35. The van der Waals surface area contributed by atoms with E-state index < -0.39 is 0 Å². The second-order valence-electron chi connectivity index (χ2n) is 5.67. The van der Waals surface area contributed by atoms with Gasteiger partial charge >= 0.3 is 0 Å². The van der Waals surface area contributed by atoms with Crippen LogP contribution in [-0.2, 0) is 0 Å². The average Bonchev–Trinajstić information content (AvgIpc) is 2.53. The molecule has 1 aromatic heterocycles. The highest BCUT2D eigenvalue weighted by Gasteiger charge is 2.29. The first-order valence-electron chi connectivity index (χ1n) is 7.44. The number of pyridine rings is 1. The molecule has 0 saturated heterocycles. The summed E-state index contributed by atoms with van der Waals surface area (Å²) in [6.45, 7) is 0. The summed E-state index contributed by atoms with van der Waals surface area (Å²) in [6, 6.07) is 11.9. The molecule has 1 amide bonds. The van der Waals surface area contributed by atoms with E-state index >= 15 is 0 Å². The molecule has 2 aromatic rings. The molecule has 1 saturated carbocycles. The van der Waals surface area contributed by atoms with Gasteiger partial charge in [0.25, 0.3) is 5.91 Å². The van der Waals surface area contributed by atoms with Crippen LogP contribution in [-0.4, -0.2) is 33.7 Å². The molecule has 1 aliphatic rings. The maximum Gasteiger partial charge on any atom is 0.272 e. The van der Waals surface area contributed by atoms with Crippen LogP contribution >= 0.6 is 15.9 Å². The average molecular weight is 347 g/mol. The topological polar surface area (TPSA) is 33.2 Å². The third-order valence-electron chi connectivity index (χ3n) is 4.28. The number of hydrogen-bond donors (Lipinski definition) is 0. The maximum absolute atomic E-state index is 12.7. The molecule has 0 radical (unpaired) electrons. The van der Waals surface area contributed by atoms with Crippen molar-refractivity contribution in [3.8, 4) is 0 Å². The molecule has 3 rings (SSSR count). The third kappa shape index (κ3) is 2.95. The normalized spacial score (nSPS) is 22.2. The van der Waals surface area contributed by atoms with Gasteiger partial charge in [-0.15, -0.1) is 0 Å². The van der Waals surface area contributed by atoms with Crippen molar-refractivity contribution in [2.24, 2.45) is 0 Å². The summed E-state index contributed by atoms with van der Waals surface area (Å²) in [7, 11) is 1.89. The van der Waals surface area contributed by atoms with E-state index in [2.05, 4.69) is 20.9 Å². The van der Waals surface area contributed by atoms with Gasteiger partial charge in [0.05, 0.1) is 5.52 Å². The Morgan fingerprint density at radius 2 is 1.95 bits per heavy atom. The van der Waals surface area contributed by atoms with Gasteiger partial charge in [-0.1, -0.05) is 53.0 Å². The molecule has 0 N–H and O–H groups in total. The molecule has 110 valence electrons. The largest absolute Gasteiger partial charge is 0.336 e. The van der Waals surface area contributed by atoms with Crippen molar-refractivity contribution in [1.82, 2.24) is 9.88 Å². The molecule has 0 bridgehead atoms. The van der Waals surface area contributed by atoms with E-state index in [0.717, 1.165) is 23.7 Å². The van der Waals surface area contributed by atoms with Gasteiger partial charge in [-0.2, -0.15) is 0 Å². The molecule has 3 nitrogen and oxygen atoms in total. The zero-order chi connectivity index (χ0) is 14.8. The minimum absolute atomic E-state index is 0.0112. The van der Waals surface area contributed by atoms with Gasteiger partial charge in [0.2, 0.25) is 0 Å². The maximum atomic E-state index is 12.7. The fraction of sp³-hybridized carbons (Fsp3) is 0.412. The second kappa shape index (κ2) is 6.14. The number of amides is 1. The van der Waals surface area contributed by atoms with Crippen LogP contribution in [0, 0.1) is 0 Å². The summed E-state index contributed by atoms with van der Waals surface area (Å²) < 4.78 is 0. The number of carbonyl (C=O) groups is 1. The summed E-state index contributed by atoms with van der Waals surface area (Å²) in [4.78, 5) is 19.4. The summed E-state index contributed by atoms with van der Waals surface area (Å²) in [5, 5.41) is 1.06. The van der Waals surface area contributed by atoms with E-state index in [0.29, 0.717) is 10.5 Å². The van der Waals surface area contributed by atoms with Crippen molar-refractivity contribution in [3.05, 3.63) is 42.1 Å². The lowest BCUT2D eigenvalue weighted by molar-refractivity contribution is 0.0699. The number of carbonyl (C=O) groups excluding carboxylic acids is 1. The highest BCUT2D eigenvalue weighted by atomic mass is 79.9. The summed E-state index contributed by atoms with van der Waals surface area (Å²) in [5.41, 5.74) is 1.40. The number of alkyl halides is 1. The molecular formula is C17H19BrN2O. The molecule has 2 unspecified atom stereocenters. The predicted octanol–water partition coefficient (Wildman–Crippen LogP) is 4.01. The van der Waals surface area contributed by atoms with Crippen LogP contribution in [0.15, 0.2) is 36.4 Å². The Morgan fingerprint density at radius 1 is 1.19 bits per heavy atom. The van der Waals surface area contributed by atoms with Crippen molar-refractivity contribution in [3.63, 3.8) is 0 Å². The third-order valence-corrected chi connectivity index (χ3v) is 5.35. The number of halogens is 1. The Balaban J connectivity index is 1.85. The van der Waals surface area contributed by atoms with Crippen LogP contribution in [0.25, 0.3) is 10.9 Å². The highest BCUT2D eigenvalue weighted by Crippen LogP contribution is 2.28. The Hall–Kier alpha value is -1.42. The van der Waals surface area contributed by atoms with Crippen molar-refractivity contribution in [1.29, 1.82) is 0 Å². The SMILES string of the molecule is CN(C(=O)c1ccc2ccccc2n1)C1CCCCC1Br. The van der Waals surface area contributed by atoms with E-state index in [-0.39, 0.29) is 11.9 Å². The second-order valence-corrected chi connectivity index (χ2v) is 6.85. The van der Waals surface area contributed by atoms with E-state index in [1.54, 1.807) is 0 Å². The van der Waals surface area contributed by atoms with Crippen LogP contribution in [0.2, 0.25) is 0 Å². The van der Waals surface area contributed by atoms with Gasteiger partial charge < -0.3 is 4.90 Å². The Morgan fingerprint density at radius 3 is 2.76 bits per heavy atom. The van der Waals surface area contributed by atoms with Crippen molar-refractivity contribution in [2.45, 2.75) is 36.6 Å². The number of hydrogen-bond acceptors (Lipinski definition) is 2. The first kappa shape index (κ1) is 14.5. The zero-order valence-corrected chi connectivity index (χ0v) is 13.7. The van der Waals surface area contributed by atoms with Gasteiger partial charge in [0.1, 0.15) is 5.69 Å². The number of para-hydroxylation sites is 1. The van der Waals surface area contributed by atoms with Crippen LogP contribution in [0.4, 0.5) is 0 Å². The molecule has 1 aromatic carbocycles. The van der Waals surface area contributed by atoms with E-state index in [9.17, 15) is 4.79 Å². The molecule has 1 fully saturated rings. The van der Waals surface area contributed by atoms with Crippen molar-refractivity contribution < 1.29 is 4.79 Å². The fourth-order valence-corrected chi connectivity index (χ4v) is 3.96. The molecule has 0 aliphatic heterocycles. The van der Waals surface area contributed by atoms with Crippen molar-refractivity contribution in [2.75, 3.05) is 7.05 Å². The molecule has 0 spiro atoms. The first-order chi connectivity index (χ1) is 10.2. The zero-order valence-electron chi connectivity index (χ0n) is 12.1. The quantitative estimate of drug-likeness (QED) is 0.769. The lowest BCUT2D eigenvalue weighted by Crippen LogP contribution is -2.44. The number of benzene rings is 1. The van der Waals surface area contributed by atoms with Crippen LogP contribution < -0.4 is 0 Å². The number of rotatable bonds is 2. The Kier molecular flexibility index (Phi) is 4.24. The number of aromatic nitrogens is 1. The number of fused-ring (bicyclic) bond motifs is 1. The van der Waals surface area contributed by atoms with E-state index in [4.69, 9.17) is 0 Å². The molecule has 2 atom stereocenters. The number of nitrogens with zero attached hydrogens (tertiary/aromatic N) is 2. The molecule has 21 heavy (non-hydrogen) atoms. The van der Waals surface area contributed by atoms with E-state index in [1.165, 1.54) is 12.8 Å².